The summed E-state index contributed by atoms with van der Waals surface area (Å²) in [6.07, 6.45) is 8.42. The number of carbonyl (C=O) groups is 1. The second kappa shape index (κ2) is 10.7. The van der Waals surface area contributed by atoms with E-state index in [0.29, 0.717) is 11.7 Å². The first kappa shape index (κ1) is 24.8. The van der Waals surface area contributed by atoms with Gasteiger partial charge in [0.2, 0.25) is 11.7 Å². The van der Waals surface area contributed by atoms with E-state index in [1.807, 2.05) is 63.5 Å². The summed E-state index contributed by atoms with van der Waals surface area (Å²) in [7, 11) is 3.77. The molecule has 0 radical (unpaired) electrons. The molecule has 0 aromatic carbocycles. The van der Waals surface area contributed by atoms with Crippen LogP contribution in [0.15, 0.2) is 36.9 Å². The monoisotopic (exact) mass is 438 g/mol. The zero-order valence-electron chi connectivity index (χ0n) is 20.2. The first-order valence-corrected chi connectivity index (χ1v) is 10.6. The topological polar surface area (TPSA) is 108 Å². The van der Waals surface area contributed by atoms with Crippen LogP contribution in [0.25, 0.3) is 11.4 Å². The number of rotatable bonds is 6. The van der Waals surface area contributed by atoms with Crippen molar-refractivity contribution in [3.05, 3.63) is 54.3 Å². The predicted octanol–water partition coefficient (Wildman–Crippen LogP) is 3.84. The average Bonchev–Trinajstić information content (AvgIpc) is 3.29. The Labute approximate surface area is 190 Å². The summed E-state index contributed by atoms with van der Waals surface area (Å²) in [5, 5.41) is 0. The number of hydrogen-bond acceptors (Lipinski definition) is 7. The molecule has 3 heterocycles. The van der Waals surface area contributed by atoms with Gasteiger partial charge in [0.15, 0.2) is 0 Å². The van der Waals surface area contributed by atoms with Gasteiger partial charge >= 0.3 is 0 Å². The maximum Gasteiger partial charge on any atom is 0.220 e. The van der Waals surface area contributed by atoms with Crippen LogP contribution in [0.1, 0.15) is 61.9 Å². The lowest BCUT2D eigenvalue weighted by atomic mass is 10.2. The molecule has 0 fully saturated rings. The Bertz CT molecular complexity index is 1080. The van der Waals surface area contributed by atoms with Gasteiger partial charge in [0.25, 0.3) is 0 Å². The van der Waals surface area contributed by atoms with Crippen LogP contribution in [0.4, 0.5) is 5.95 Å². The number of carbonyl (C=O) groups excluding carboxylic acids is 1. The standard InChI is InChI=1S/C12H19N3O.C11H15N5/c1-9(2)15-10(3)13-8-11(15)12(16)6-7-14(4)5;1-7(2)16-8(3)14-6-10(16)9-4-5-13-11(12)15-9/h6-9H,1-5H3;4-7H,1-3H3,(H2,12,13,15)/b7-6+;. The van der Waals surface area contributed by atoms with Crippen LogP contribution >= 0.6 is 0 Å². The van der Waals surface area contributed by atoms with Crippen molar-refractivity contribution >= 4 is 11.7 Å². The lowest BCUT2D eigenvalue weighted by Crippen LogP contribution is -2.12. The molecule has 0 unspecified atom stereocenters. The molecule has 0 spiro atoms. The lowest BCUT2D eigenvalue weighted by Gasteiger charge is -2.13. The second-order valence-electron chi connectivity index (χ2n) is 8.25. The van der Waals surface area contributed by atoms with Gasteiger partial charge in [-0.25, -0.2) is 19.9 Å². The molecule has 0 aliphatic carbocycles. The number of aryl methyl sites for hydroxylation is 2. The molecule has 0 aliphatic rings. The number of hydrogen-bond donors (Lipinski definition) is 1. The smallest absolute Gasteiger partial charge is 0.220 e. The van der Waals surface area contributed by atoms with Gasteiger partial charge in [0.05, 0.1) is 23.8 Å². The van der Waals surface area contributed by atoms with Crippen molar-refractivity contribution in [1.82, 2.24) is 34.0 Å². The summed E-state index contributed by atoms with van der Waals surface area (Å²) in [6.45, 7) is 12.2. The molecule has 3 rings (SSSR count). The first-order chi connectivity index (χ1) is 15.0. The van der Waals surface area contributed by atoms with Crippen LogP contribution in [0, 0.1) is 13.8 Å². The van der Waals surface area contributed by atoms with Crippen LogP contribution in [0.3, 0.4) is 0 Å². The zero-order valence-corrected chi connectivity index (χ0v) is 20.2. The van der Waals surface area contributed by atoms with Crippen LogP contribution < -0.4 is 5.73 Å². The number of nitrogens with zero attached hydrogens (tertiary/aromatic N) is 7. The number of allylic oxidation sites excluding steroid dienone is 1. The molecule has 0 saturated heterocycles. The maximum absolute atomic E-state index is 11.9. The Balaban J connectivity index is 0.000000227. The van der Waals surface area contributed by atoms with E-state index in [-0.39, 0.29) is 17.8 Å². The molecular weight excluding hydrogens is 404 g/mol. The SMILES string of the molecule is Cc1ncc(-c2ccnc(N)n2)n1C(C)C.Cc1ncc(C(=O)/C=C/N(C)C)n1C(C)C. The fourth-order valence-corrected chi connectivity index (χ4v) is 3.40. The van der Waals surface area contributed by atoms with Crippen molar-refractivity contribution in [2.45, 2.75) is 53.6 Å². The highest BCUT2D eigenvalue weighted by atomic mass is 16.1. The molecule has 0 atom stereocenters. The van der Waals surface area contributed by atoms with E-state index in [9.17, 15) is 4.79 Å². The van der Waals surface area contributed by atoms with Crippen LogP contribution in [-0.4, -0.2) is 53.8 Å². The minimum atomic E-state index is -0.0111. The van der Waals surface area contributed by atoms with Crippen LogP contribution in [-0.2, 0) is 0 Å². The Morgan fingerprint density at radius 3 is 2.16 bits per heavy atom. The number of aromatic nitrogens is 6. The molecule has 3 aromatic rings. The Morgan fingerprint density at radius 2 is 1.59 bits per heavy atom. The van der Waals surface area contributed by atoms with Gasteiger partial charge in [-0.1, -0.05) is 0 Å². The van der Waals surface area contributed by atoms with Crippen molar-refractivity contribution in [3.8, 4) is 11.4 Å². The van der Waals surface area contributed by atoms with Gasteiger partial charge in [-0.2, -0.15) is 0 Å². The number of imidazole rings is 2. The molecule has 9 heteroatoms. The fourth-order valence-electron chi connectivity index (χ4n) is 3.40. The summed E-state index contributed by atoms with van der Waals surface area (Å²) >= 11 is 0. The first-order valence-electron chi connectivity index (χ1n) is 10.6. The predicted molar refractivity (Wildman–Crippen MR) is 127 cm³/mol. The number of anilines is 1. The molecule has 0 bridgehead atoms. The maximum atomic E-state index is 11.9. The van der Waals surface area contributed by atoms with E-state index < -0.39 is 0 Å². The third kappa shape index (κ3) is 6.03. The highest BCUT2D eigenvalue weighted by Crippen LogP contribution is 2.22. The van der Waals surface area contributed by atoms with Crippen molar-refractivity contribution in [2.75, 3.05) is 19.8 Å². The molecular formula is C23H34N8O. The quantitative estimate of drug-likeness (QED) is 0.460. The van der Waals surface area contributed by atoms with E-state index in [2.05, 4.69) is 38.4 Å². The van der Waals surface area contributed by atoms with E-state index in [0.717, 1.165) is 23.0 Å². The largest absolute Gasteiger partial charge is 0.383 e. The summed E-state index contributed by atoms with van der Waals surface area (Å²) in [5.41, 5.74) is 8.00. The number of ketones is 1. The van der Waals surface area contributed by atoms with Crippen LogP contribution in [0.2, 0.25) is 0 Å². The fraction of sp³-hybridized carbons (Fsp3) is 0.435. The van der Waals surface area contributed by atoms with E-state index in [1.54, 1.807) is 24.7 Å². The van der Waals surface area contributed by atoms with Gasteiger partial charge in [-0.3, -0.25) is 4.79 Å². The minimum Gasteiger partial charge on any atom is -0.383 e. The molecule has 172 valence electrons. The third-order valence-electron chi connectivity index (χ3n) is 4.71. The summed E-state index contributed by atoms with van der Waals surface area (Å²) < 4.78 is 4.07. The molecule has 9 nitrogen and oxygen atoms in total. The minimum absolute atomic E-state index is 0.0111. The lowest BCUT2D eigenvalue weighted by molar-refractivity contribution is 0.103. The van der Waals surface area contributed by atoms with Crippen molar-refractivity contribution in [2.24, 2.45) is 0 Å². The summed E-state index contributed by atoms with van der Waals surface area (Å²) in [4.78, 5) is 30.3. The number of nitrogen functional groups attached to an aromatic ring is 1. The average molecular weight is 439 g/mol. The van der Waals surface area contributed by atoms with Gasteiger partial charge in [0, 0.05) is 44.7 Å². The molecule has 0 aliphatic heterocycles. The Kier molecular flexibility index (Phi) is 8.28. The van der Waals surface area contributed by atoms with Gasteiger partial charge < -0.3 is 19.8 Å². The Hall–Kier alpha value is -3.49. The van der Waals surface area contributed by atoms with Crippen molar-refractivity contribution < 1.29 is 4.79 Å². The molecule has 0 amide bonds. The summed E-state index contributed by atoms with van der Waals surface area (Å²) in [6, 6.07) is 2.42. The third-order valence-corrected chi connectivity index (χ3v) is 4.71. The van der Waals surface area contributed by atoms with Crippen molar-refractivity contribution in [1.29, 1.82) is 0 Å². The Morgan fingerprint density at radius 1 is 1.00 bits per heavy atom. The highest BCUT2D eigenvalue weighted by molar-refractivity contribution is 6.03. The van der Waals surface area contributed by atoms with E-state index in [1.165, 1.54) is 0 Å². The highest BCUT2D eigenvalue weighted by Gasteiger charge is 2.14. The molecule has 32 heavy (non-hydrogen) atoms. The zero-order chi connectivity index (χ0) is 24.0. The normalized spacial score (nSPS) is 11.2. The second-order valence-corrected chi connectivity index (χ2v) is 8.25. The van der Waals surface area contributed by atoms with E-state index in [4.69, 9.17) is 5.73 Å². The van der Waals surface area contributed by atoms with Crippen LogP contribution in [0.5, 0.6) is 0 Å². The number of nitrogens with two attached hydrogens (primary N) is 1. The van der Waals surface area contributed by atoms with E-state index >= 15 is 0 Å². The molecule has 3 aromatic heterocycles. The van der Waals surface area contributed by atoms with Gasteiger partial charge in [-0.15, -0.1) is 0 Å². The molecule has 0 saturated carbocycles. The van der Waals surface area contributed by atoms with Gasteiger partial charge in [0.1, 0.15) is 17.3 Å². The molecule has 2 N–H and O–H groups in total. The summed E-state index contributed by atoms with van der Waals surface area (Å²) in [5.74, 6) is 2.12. The van der Waals surface area contributed by atoms with Crippen molar-refractivity contribution in [3.63, 3.8) is 0 Å². The van der Waals surface area contributed by atoms with Gasteiger partial charge in [-0.05, 0) is 47.6 Å².